The second kappa shape index (κ2) is 11.3. The van der Waals surface area contributed by atoms with Crippen LogP contribution in [-0.4, -0.2) is 47.4 Å². The van der Waals surface area contributed by atoms with Crippen LogP contribution in [0.15, 0.2) is 0 Å². The summed E-state index contributed by atoms with van der Waals surface area (Å²) < 4.78 is 0. The van der Waals surface area contributed by atoms with E-state index in [1.54, 1.807) is 0 Å². The SMILES string of the molecule is N[C@@H](CO)C(=O)[O-].N[C@@H](CO)C(=O)[O-].[Ni+2]. The first-order valence-corrected chi connectivity index (χ1v) is 3.51. The van der Waals surface area contributed by atoms with Gasteiger partial charge in [0, 0.05) is 0 Å². The summed E-state index contributed by atoms with van der Waals surface area (Å²) in [5.41, 5.74) is 9.41. The Morgan fingerprint density at radius 3 is 1.20 bits per heavy atom. The number of carbonyl (C=O) groups is 2. The fourth-order valence-electron chi connectivity index (χ4n) is 0.149. The number of carboxylic acid groups (broad SMARTS) is 2. The quantitative estimate of drug-likeness (QED) is 0.364. The van der Waals surface area contributed by atoms with Crippen LogP contribution >= 0.6 is 0 Å². The number of hydrogen-bond donors (Lipinski definition) is 4. The van der Waals surface area contributed by atoms with Crippen molar-refractivity contribution in [3.05, 3.63) is 0 Å². The summed E-state index contributed by atoms with van der Waals surface area (Å²) in [6.07, 6.45) is 0. The van der Waals surface area contributed by atoms with Crippen LogP contribution in [0.25, 0.3) is 0 Å². The summed E-state index contributed by atoms with van der Waals surface area (Å²) in [5.74, 6) is -2.86. The van der Waals surface area contributed by atoms with E-state index in [0.29, 0.717) is 0 Å². The molecule has 8 nitrogen and oxygen atoms in total. The topological polar surface area (TPSA) is 173 Å². The van der Waals surface area contributed by atoms with E-state index in [4.69, 9.17) is 21.7 Å². The minimum absolute atomic E-state index is 0. The van der Waals surface area contributed by atoms with Gasteiger partial charge in [0.05, 0.1) is 37.2 Å². The molecule has 0 unspecified atom stereocenters. The summed E-state index contributed by atoms with van der Waals surface area (Å²) in [6, 6.07) is -2.47. The molecule has 0 spiro atoms. The van der Waals surface area contributed by atoms with Gasteiger partial charge in [-0.2, -0.15) is 0 Å². The Bertz CT molecular complexity index is 170. The van der Waals surface area contributed by atoms with E-state index >= 15 is 0 Å². The third kappa shape index (κ3) is 13.3. The van der Waals surface area contributed by atoms with E-state index in [0.717, 1.165) is 0 Å². The van der Waals surface area contributed by atoms with Crippen LogP contribution in [-0.2, 0) is 26.1 Å². The van der Waals surface area contributed by atoms with Gasteiger partial charge in [-0.25, -0.2) is 0 Å². The Morgan fingerprint density at radius 2 is 1.20 bits per heavy atom. The van der Waals surface area contributed by atoms with Crippen LogP contribution in [0, 0.1) is 0 Å². The first kappa shape index (κ1) is 19.8. The van der Waals surface area contributed by atoms with Crippen molar-refractivity contribution in [3.63, 3.8) is 0 Å². The monoisotopic (exact) mass is 266 g/mol. The summed E-state index contributed by atoms with van der Waals surface area (Å²) in [4.78, 5) is 19.1. The predicted molar refractivity (Wildman–Crippen MR) is 40.1 cm³/mol. The molecule has 0 radical (unpaired) electrons. The zero-order valence-electron chi connectivity index (χ0n) is 7.57. The van der Waals surface area contributed by atoms with Gasteiger partial charge in [0.2, 0.25) is 0 Å². The van der Waals surface area contributed by atoms with Gasteiger partial charge in [0.15, 0.2) is 0 Å². The van der Waals surface area contributed by atoms with Gasteiger partial charge in [-0.05, 0) is 0 Å². The molecular formula is C6H12N2NiO6. The molecule has 6 N–H and O–H groups in total. The largest absolute Gasteiger partial charge is 2.00 e. The van der Waals surface area contributed by atoms with Crippen molar-refractivity contribution in [1.82, 2.24) is 0 Å². The van der Waals surface area contributed by atoms with Gasteiger partial charge in [-0.1, -0.05) is 0 Å². The second-order valence-electron chi connectivity index (χ2n) is 2.22. The fraction of sp³-hybridized carbons (Fsp3) is 0.667. The van der Waals surface area contributed by atoms with Crippen LogP contribution in [0.2, 0.25) is 0 Å². The average molecular weight is 267 g/mol. The molecule has 2 atom stereocenters. The van der Waals surface area contributed by atoms with Crippen LogP contribution in [0.4, 0.5) is 0 Å². The third-order valence-corrected chi connectivity index (χ3v) is 0.999. The molecule has 0 saturated heterocycles. The molecule has 0 fully saturated rings. The molecule has 92 valence electrons. The van der Waals surface area contributed by atoms with Crippen LogP contribution in [0.1, 0.15) is 0 Å². The standard InChI is InChI=1S/2C3H7NO3.Ni/c2*4-2(1-5)3(6)7;/h2*2,5H,1,4H2,(H,6,7);/q;;+2/p-2/t2*2-;/m00./s1. The smallest absolute Gasteiger partial charge is 0.548 e. The molecule has 9 heteroatoms. The van der Waals surface area contributed by atoms with Crippen molar-refractivity contribution >= 4 is 11.9 Å². The van der Waals surface area contributed by atoms with Gasteiger partial charge in [-0.15, -0.1) is 0 Å². The maximum Gasteiger partial charge on any atom is 2.00 e. The van der Waals surface area contributed by atoms with E-state index in [2.05, 4.69) is 0 Å². The Kier molecular flexibility index (Phi) is 15.0. The molecular weight excluding hydrogens is 255 g/mol. The van der Waals surface area contributed by atoms with Crippen LogP contribution < -0.4 is 21.7 Å². The zero-order valence-corrected chi connectivity index (χ0v) is 8.55. The van der Waals surface area contributed by atoms with Gasteiger partial charge in [0.25, 0.3) is 0 Å². The maximum absolute atomic E-state index is 9.53. The normalized spacial score (nSPS) is 12.5. The number of aliphatic hydroxyl groups is 2. The van der Waals surface area contributed by atoms with Crippen molar-refractivity contribution in [2.75, 3.05) is 13.2 Å². The summed E-state index contributed by atoms with van der Waals surface area (Å²) in [5, 5.41) is 35.0. The molecule has 0 rings (SSSR count). The van der Waals surface area contributed by atoms with E-state index < -0.39 is 37.2 Å². The maximum atomic E-state index is 9.53. The van der Waals surface area contributed by atoms with E-state index in [1.165, 1.54) is 0 Å². The summed E-state index contributed by atoms with van der Waals surface area (Å²) in [6.45, 7) is -1.13. The number of carboxylic acids is 2. The molecule has 0 aromatic heterocycles. The Hall–Kier alpha value is -0.726. The number of rotatable bonds is 4. The summed E-state index contributed by atoms with van der Waals surface area (Å²) in [7, 11) is 0. The van der Waals surface area contributed by atoms with Crippen LogP contribution in [0.3, 0.4) is 0 Å². The molecule has 0 amide bonds. The second-order valence-corrected chi connectivity index (χ2v) is 2.22. The zero-order chi connectivity index (χ0) is 11.7. The van der Waals surface area contributed by atoms with Gasteiger partial charge < -0.3 is 41.5 Å². The van der Waals surface area contributed by atoms with E-state index in [1.807, 2.05) is 0 Å². The number of aliphatic carboxylic acids is 2. The first-order chi connectivity index (χ1) is 6.36. The molecule has 0 aromatic carbocycles. The number of nitrogens with two attached hydrogens (primary N) is 2. The van der Waals surface area contributed by atoms with Crippen molar-refractivity contribution in [2.24, 2.45) is 11.5 Å². The minimum Gasteiger partial charge on any atom is -0.548 e. The van der Waals surface area contributed by atoms with Gasteiger partial charge in [-0.3, -0.25) is 0 Å². The predicted octanol–water partition coefficient (Wildman–Crippen LogP) is -5.89. The molecule has 0 aromatic rings. The number of carbonyl (C=O) groups excluding carboxylic acids is 2. The molecule has 15 heavy (non-hydrogen) atoms. The summed E-state index contributed by atoms with van der Waals surface area (Å²) >= 11 is 0. The molecule has 0 aliphatic rings. The molecule has 0 saturated carbocycles. The third-order valence-electron chi connectivity index (χ3n) is 0.999. The van der Waals surface area contributed by atoms with Gasteiger partial charge >= 0.3 is 16.5 Å². The van der Waals surface area contributed by atoms with Gasteiger partial charge in [0.1, 0.15) is 0 Å². The van der Waals surface area contributed by atoms with Crippen molar-refractivity contribution in [1.29, 1.82) is 0 Å². The average Bonchev–Trinajstić information content (AvgIpc) is 2.15. The Balaban J connectivity index is -0.000000180. The Labute approximate surface area is 95.8 Å². The first-order valence-electron chi connectivity index (χ1n) is 3.51. The number of aliphatic hydroxyl groups excluding tert-OH is 2. The van der Waals surface area contributed by atoms with Crippen LogP contribution in [0.5, 0.6) is 0 Å². The minimum atomic E-state index is -1.43. The fourth-order valence-corrected chi connectivity index (χ4v) is 0.149. The van der Waals surface area contributed by atoms with E-state index in [9.17, 15) is 19.8 Å². The van der Waals surface area contributed by atoms with Crippen molar-refractivity contribution < 1.29 is 46.5 Å². The van der Waals surface area contributed by atoms with Crippen molar-refractivity contribution in [3.8, 4) is 0 Å². The molecule has 0 aliphatic carbocycles. The molecule has 0 bridgehead atoms. The molecule has 0 aliphatic heterocycles. The van der Waals surface area contributed by atoms with Crippen molar-refractivity contribution in [2.45, 2.75) is 12.1 Å². The Morgan fingerprint density at radius 1 is 1.00 bits per heavy atom. The molecule has 0 heterocycles. The van der Waals surface area contributed by atoms with E-state index in [-0.39, 0.29) is 16.5 Å². The number of hydrogen-bond acceptors (Lipinski definition) is 8.